The quantitative estimate of drug-likeness (QED) is 0.413. The van der Waals surface area contributed by atoms with E-state index in [0.717, 1.165) is 15.6 Å². The summed E-state index contributed by atoms with van der Waals surface area (Å²) in [5.74, 6) is 0.730. The number of benzene rings is 3. The molecule has 3 nitrogen and oxygen atoms in total. The monoisotopic (exact) mass is 436 g/mol. The van der Waals surface area contributed by atoms with Gasteiger partial charge in [0.05, 0.1) is 0 Å². The van der Waals surface area contributed by atoms with Crippen LogP contribution in [0.15, 0.2) is 77.3 Å². The van der Waals surface area contributed by atoms with Gasteiger partial charge >= 0.3 is 0 Å². The van der Waals surface area contributed by atoms with E-state index in [-0.39, 0.29) is 17.7 Å². The van der Waals surface area contributed by atoms with Gasteiger partial charge in [-0.15, -0.1) is 0 Å². The van der Waals surface area contributed by atoms with Gasteiger partial charge < -0.3 is 4.74 Å². The second kappa shape index (κ2) is 8.98. The third-order valence-corrected chi connectivity index (χ3v) is 5.06. The molecule has 0 fully saturated rings. The lowest BCUT2D eigenvalue weighted by atomic mass is 10.0. The minimum Gasteiger partial charge on any atom is -0.486 e. The predicted octanol–water partition coefficient (Wildman–Crippen LogP) is 6.22. The number of carbonyl (C=O) groups excluding carboxylic acids is 2. The van der Waals surface area contributed by atoms with E-state index in [1.165, 1.54) is 0 Å². The third kappa shape index (κ3) is 5.17. The summed E-state index contributed by atoms with van der Waals surface area (Å²) in [5.41, 5.74) is 3.24. The molecule has 3 aromatic rings. The summed E-state index contributed by atoms with van der Waals surface area (Å²) in [6.07, 6.45) is 0.150. The summed E-state index contributed by atoms with van der Waals surface area (Å²) in [6.45, 7) is 3.49. The molecule has 0 saturated heterocycles. The molecule has 0 heterocycles. The molecule has 3 rings (SSSR count). The Bertz CT molecular complexity index is 975. The molecule has 0 bridgehead atoms. The Morgan fingerprint density at radius 1 is 0.929 bits per heavy atom. The SMILES string of the molecule is CC(=O)c1ccc(C(C)Oc2cccc(C(=O)Cc3ccc(Br)cc3)c2)cc1. The first-order valence-electron chi connectivity index (χ1n) is 9.07. The fraction of sp³-hybridized carbons (Fsp3) is 0.167. The van der Waals surface area contributed by atoms with E-state index in [0.29, 0.717) is 23.3 Å². The fourth-order valence-corrected chi connectivity index (χ4v) is 3.16. The molecule has 0 saturated carbocycles. The van der Waals surface area contributed by atoms with Crippen LogP contribution < -0.4 is 4.74 Å². The molecule has 3 aromatic carbocycles. The van der Waals surface area contributed by atoms with Crippen molar-refractivity contribution in [1.82, 2.24) is 0 Å². The molecule has 0 radical (unpaired) electrons. The molecule has 0 aliphatic rings. The summed E-state index contributed by atoms with van der Waals surface area (Å²) < 4.78 is 7.00. The molecule has 28 heavy (non-hydrogen) atoms. The molecule has 0 aromatic heterocycles. The average Bonchev–Trinajstić information content (AvgIpc) is 2.70. The highest BCUT2D eigenvalue weighted by Crippen LogP contribution is 2.24. The van der Waals surface area contributed by atoms with Crippen LogP contribution in [0.4, 0.5) is 0 Å². The zero-order chi connectivity index (χ0) is 20.1. The van der Waals surface area contributed by atoms with E-state index < -0.39 is 0 Å². The molecule has 1 atom stereocenters. The van der Waals surface area contributed by atoms with Gasteiger partial charge in [-0.25, -0.2) is 0 Å². The molecule has 0 aliphatic heterocycles. The number of Topliss-reactive ketones (excluding diaryl/α,β-unsaturated/α-hetero) is 2. The normalized spacial score (nSPS) is 11.7. The highest BCUT2D eigenvalue weighted by atomic mass is 79.9. The van der Waals surface area contributed by atoms with Gasteiger partial charge in [0.2, 0.25) is 0 Å². The van der Waals surface area contributed by atoms with Crippen molar-refractivity contribution in [3.8, 4) is 5.75 Å². The van der Waals surface area contributed by atoms with Crippen LogP contribution in [0, 0.1) is 0 Å². The highest BCUT2D eigenvalue weighted by molar-refractivity contribution is 9.10. The van der Waals surface area contributed by atoms with Crippen molar-refractivity contribution >= 4 is 27.5 Å². The Kier molecular flexibility index (Phi) is 6.42. The van der Waals surface area contributed by atoms with Crippen molar-refractivity contribution in [3.63, 3.8) is 0 Å². The Morgan fingerprint density at radius 2 is 1.61 bits per heavy atom. The lowest BCUT2D eigenvalue weighted by molar-refractivity contribution is 0.0989. The van der Waals surface area contributed by atoms with Gasteiger partial charge in [-0.1, -0.05) is 64.5 Å². The zero-order valence-electron chi connectivity index (χ0n) is 15.8. The van der Waals surface area contributed by atoms with Gasteiger partial charge in [-0.2, -0.15) is 0 Å². The van der Waals surface area contributed by atoms with Crippen molar-refractivity contribution < 1.29 is 14.3 Å². The molecule has 1 unspecified atom stereocenters. The average molecular weight is 437 g/mol. The minimum atomic E-state index is -0.196. The van der Waals surface area contributed by atoms with Crippen molar-refractivity contribution in [2.24, 2.45) is 0 Å². The van der Waals surface area contributed by atoms with Gasteiger partial charge in [-0.3, -0.25) is 9.59 Å². The van der Waals surface area contributed by atoms with Gasteiger partial charge in [0.25, 0.3) is 0 Å². The van der Waals surface area contributed by atoms with Gasteiger partial charge in [0, 0.05) is 22.0 Å². The Labute approximate surface area is 173 Å². The number of halogens is 1. The van der Waals surface area contributed by atoms with Crippen molar-refractivity contribution in [3.05, 3.63) is 99.5 Å². The van der Waals surface area contributed by atoms with Crippen molar-refractivity contribution in [2.75, 3.05) is 0 Å². The first-order valence-corrected chi connectivity index (χ1v) is 9.87. The van der Waals surface area contributed by atoms with E-state index in [4.69, 9.17) is 4.74 Å². The molecule has 0 spiro atoms. The molecule has 4 heteroatoms. The first-order chi connectivity index (χ1) is 13.4. The number of hydrogen-bond acceptors (Lipinski definition) is 3. The van der Waals surface area contributed by atoms with Crippen LogP contribution in [-0.4, -0.2) is 11.6 Å². The smallest absolute Gasteiger partial charge is 0.167 e. The van der Waals surface area contributed by atoms with Crippen LogP contribution in [0.3, 0.4) is 0 Å². The summed E-state index contributed by atoms with van der Waals surface area (Å²) in [5, 5.41) is 0. The molecule has 0 amide bonds. The van der Waals surface area contributed by atoms with E-state index in [2.05, 4.69) is 15.9 Å². The number of ether oxygens (including phenoxy) is 1. The lowest BCUT2D eigenvalue weighted by Gasteiger charge is -2.16. The van der Waals surface area contributed by atoms with Crippen LogP contribution in [0.5, 0.6) is 5.75 Å². The van der Waals surface area contributed by atoms with Crippen molar-refractivity contribution in [2.45, 2.75) is 26.4 Å². The van der Waals surface area contributed by atoms with Crippen molar-refractivity contribution in [1.29, 1.82) is 0 Å². The Morgan fingerprint density at radius 3 is 2.25 bits per heavy atom. The van der Waals surface area contributed by atoms with Gasteiger partial charge in [-0.05, 0) is 49.2 Å². The predicted molar refractivity (Wildman–Crippen MR) is 114 cm³/mol. The van der Waals surface area contributed by atoms with Crippen LogP contribution in [0.2, 0.25) is 0 Å². The number of hydrogen-bond donors (Lipinski definition) is 0. The van der Waals surface area contributed by atoms with Crippen LogP contribution in [-0.2, 0) is 6.42 Å². The molecular weight excluding hydrogens is 416 g/mol. The zero-order valence-corrected chi connectivity index (χ0v) is 17.4. The Balaban J connectivity index is 1.69. The molecule has 142 valence electrons. The number of ketones is 2. The number of rotatable bonds is 7. The van der Waals surface area contributed by atoms with E-state index in [1.807, 2.05) is 55.5 Å². The molecular formula is C24H21BrO3. The maximum absolute atomic E-state index is 12.6. The maximum atomic E-state index is 12.6. The van der Waals surface area contributed by atoms with Gasteiger partial charge in [0.1, 0.15) is 11.9 Å². The topological polar surface area (TPSA) is 43.4 Å². The minimum absolute atomic E-state index is 0.0390. The summed E-state index contributed by atoms with van der Waals surface area (Å²) in [7, 11) is 0. The highest BCUT2D eigenvalue weighted by Gasteiger charge is 2.12. The van der Waals surface area contributed by atoms with Crippen LogP contribution in [0.25, 0.3) is 0 Å². The summed E-state index contributed by atoms with van der Waals surface area (Å²) >= 11 is 3.40. The first kappa shape index (κ1) is 20.0. The second-order valence-corrected chi connectivity index (χ2v) is 7.61. The van der Waals surface area contributed by atoms with Crippen LogP contribution >= 0.6 is 15.9 Å². The van der Waals surface area contributed by atoms with E-state index in [1.54, 1.807) is 31.2 Å². The maximum Gasteiger partial charge on any atom is 0.167 e. The van der Waals surface area contributed by atoms with Gasteiger partial charge in [0.15, 0.2) is 11.6 Å². The summed E-state index contributed by atoms with van der Waals surface area (Å²) in [4.78, 5) is 24.0. The largest absolute Gasteiger partial charge is 0.486 e. The molecule has 0 aliphatic carbocycles. The number of carbonyl (C=O) groups is 2. The molecule has 0 N–H and O–H groups in total. The third-order valence-electron chi connectivity index (χ3n) is 4.53. The Hall–Kier alpha value is -2.72. The summed E-state index contributed by atoms with van der Waals surface area (Å²) in [6, 6.07) is 22.4. The van der Waals surface area contributed by atoms with E-state index in [9.17, 15) is 9.59 Å². The lowest BCUT2D eigenvalue weighted by Crippen LogP contribution is -2.06. The van der Waals surface area contributed by atoms with E-state index >= 15 is 0 Å². The fourth-order valence-electron chi connectivity index (χ4n) is 2.89. The standard InChI is InChI=1S/C24H21BrO3/c1-16(26)19-8-10-20(11-9-19)17(2)28-23-5-3-4-21(15-23)24(27)14-18-6-12-22(25)13-7-18/h3-13,15,17H,14H2,1-2H3. The van der Waals surface area contributed by atoms with Crippen LogP contribution in [0.1, 0.15) is 51.8 Å². The second-order valence-electron chi connectivity index (χ2n) is 6.69.